The minimum absolute atomic E-state index is 0.337. The molecule has 3 rings (SSSR count). The van der Waals surface area contributed by atoms with E-state index in [0.717, 1.165) is 12.0 Å². The zero-order chi connectivity index (χ0) is 16.4. The largest absolute Gasteiger partial charge is 0.480 e. The normalized spacial score (nSPS) is 19.7. The molecule has 23 heavy (non-hydrogen) atoms. The SMILES string of the molecule is Cc1ccc(C(c2ccccc2F)N2CCCC2C(=O)O)nc1. The van der Waals surface area contributed by atoms with Gasteiger partial charge in [0.15, 0.2) is 0 Å². The molecule has 0 aliphatic carbocycles. The average molecular weight is 314 g/mol. The summed E-state index contributed by atoms with van der Waals surface area (Å²) < 4.78 is 14.4. The van der Waals surface area contributed by atoms with Crippen LogP contribution in [0, 0.1) is 12.7 Å². The molecule has 0 spiro atoms. The number of pyridine rings is 1. The molecule has 0 amide bonds. The van der Waals surface area contributed by atoms with E-state index in [1.807, 2.05) is 24.0 Å². The molecule has 2 aromatic rings. The van der Waals surface area contributed by atoms with Crippen molar-refractivity contribution in [3.63, 3.8) is 0 Å². The molecule has 1 aromatic heterocycles. The standard InChI is InChI=1S/C18H19FN2O2/c1-12-8-9-15(20-11-12)17(13-5-2-3-6-14(13)19)21-10-4-7-16(21)18(22)23/h2-3,5-6,8-9,11,16-17H,4,7,10H2,1H3,(H,22,23). The van der Waals surface area contributed by atoms with Gasteiger partial charge in [0.05, 0.1) is 11.7 Å². The third-order valence-corrected chi connectivity index (χ3v) is 4.33. The summed E-state index contributed by atoms with van der Waals surface area (Å²) in [5, 5.41) is 9.48. The number of aliphatic carboxylic acids is 1. The minimum atomic E-state index is -0.865. The van der Waals surface area contributed by atoms with Crippen LogP contribution in [-0.4, -0.2) is 33.5 Å². The maximum absolute atomic E-state index is 14.4. The van der Waals surface area contributed by atoms with Crippen LogP contribution in [0.2, 0.25) is 0 Å². The third-order valence-electron chi connectivity index (χ3n) is 4.33. The molecule has 0 bridgehead atoms. The first-order chi connectivity index (χ1) is 11.1. The maximum atomic E-state index is 14.4. The van der Waals surface area contributed by atoms with Crippen LogP contribution >= 0.6 is 0 Å². The number of likely N-dealkylation sites (tertiary alicyclic amines) is 1. The Morgan fingerprint density at radius 1 is 1.35 bits per heavy atom. The van der Waals surface area contributed by atoms with Crippen molar-refractivity contribution < 1.29 is 14.3 Å². The Labute approximate surface area is 134 Å². The van der Waals surface area contributed by atoms with Gasteiger partial charge in [0.1, 0.15) is 11.9 Å². The van der Waals surface area contributed by atoms with Gasteiger partial charge in [-0.05, 0) is 37.5 Å². The van der Waals surface area contributed by atoms with E-state index in [0.29, 0.717) is 24.2 Å². The van der Waals surface area contributed by atoms with Gasteiger partial charge in [-0.15, -0.1) is 0 Å². The summed E-state index contributed by atoms with van der Waals surface area (Å²) in [4.78, 5) is 17.8. The Balaban J connectivity index is 2.08. The number of rotatable bonds is 4. The van der Waals surface area contributed by atoms with Gasteiger partial charge in [0, 0.05) is 18.3 Å². The summed E-state index contributed by atoms with van der Waals surface area (Å²) in [7, 11) is 0. The molecule has 2 heterocycles. The number of carbonyl (C=O) groups is 1. The molecule has 2 atom stereocenters. The zero-order valence-electron chi connectivity index (χ0n) is 12.9. The first-order valence-corrected chi connectivity index (χ1v) is 7.73. The van der Waals surface area contributed by atoms with Crippen LogP contribution in [0.4, 0.5) is 4.39 Å². The predicted octanol–water partition coefficient (Wildman–Crippen LogP) is 3.17. The van der Waals surface area contributed by atoms with Crippen LogP contribution in [0.3, 0.4) is 0 Å². The fourth-order valence-corrected chi connectivity index (χ4v) is 3.21. The molecular weight excluding hydrogens is 295 g/mol. The Kier molecular flexibility index (Phi) is 4.39. The zero-order valence-corrected chi connectivity index (χ0v) is 12.9. The van der Waals surface area contributed by atoms with E-state index in [2.05, 4.69) is 4.98 Å². The second kappa shape index (κ2) is 6.46. The number of benzene rings is 1. The van der Waals surface area contributed by atoms with Crippen LogP contribution < -0.4 is 0 Å². The molecule has 1 aliphatic heterocycles. The van der Waals surface area contributed by atoms with Crippen molar-refractivity contribution in [2.75, 3.05) is 6.54 Å². The van der Waals surface area contributed by atoms with E-state index in [4.69, 9.17) is 0 Å². The first kappa shape index (κ1) is 15.6. The van der Waals surface area contributed by atoms with Crippen molar-refractivity contribution in [3.05, 3.63) is 65.2 Å². The first-order valence-electron chi connectivity index (χ1n) is 7.73. The molecule has 1 aromatic carbocycles. The molecular formula is C18H19FN2O2. The predicted molar refractivity (Wildman–Crippen MR) is 84.6 cm³/mol. The lowest BCUT2D eigenvalue weighted by atomic mass is 9.99. The van der Waals surface area contributed by atoms with Crippen molar-refractivity contribution in [1.82, 2.24) is 9.88 Å². The van der Waals surface area contributed by atoms with E-state index >= 15 is 0 Å². The molecule has 4 nitrogen and oxygen atoms in total. The van der Waals surface area contributed by atoms with Crippen LogP contribution in [0.1, 0.15) is 35.7 Å². The summed E-state index contributed by atoms with van der Waals surface area (Å²) >= 11 is 0. The van der Waals surface area contributed by atoms with E-state index in [1.165, 1.54) is 6.07 Å². The number of carboxylic acids is 1. The highest BCUT2D eigenvalue weighted by molar-refractivity contribution is 5.74. The summed E-state index contributed by atoms with van der Waals surface area (Å²) in [6, 6.07) is 9.19. The minimum Gasteiger partial charge on any atom is -0.480 e. The van der Waals surface area contributed by atoms with Crippen LogP contribution in [0.5, 0.6) is 0 Å². The quantitative estimate of drug-likeness (QED) is 0.942. The number of hydrogen-bond acceptors (Lipinski definition) is 3. The summed E-state index contributed by atoms with van der Waals surface area (Å²) in [6.07, 6.45) is 3.09. The van der Waals surface area contributed by atoms with E-state index in [1.54, 1.807) is 24.4 Å². The van der Waals surface area contributed by atoms with Crippen LogP contribution in [-0.2, 0) is 4.79 Å². The van der Waals surface area contributed by atoms with Gasteiger partial charge in [0.25, 0.3) is 0 Å². The molecule has 1 aliphatic rings. The second-order valence-corrected chi connectivity index (χ2v) is 5.92. The molecule has 0 radical (unpaired) electrons. The monoisotopic (exact) mass is 314 g/mol. The highest BCUT2D eigenvalue weighted by Crippen LogP contribution is 2.35. The number of hydrogen-bond donors (Lipinski definition) is 1. The number of aryl methyl sites for hydroxylation is 1. The summed E-state index contributed by atoms with van der Waals surface area (Å²) in [5.74, 6) is -1.20. The Morgan fingerprint density at radius 2 is 2.13 bits per heavy atom. The molecule has 5 heteroatoms. The number of aromatic nitrogens is 1. The van der Waals surface area contributed by atoms with Crippen molar-refractivity contribution in [2.24, 2.45) is 0 Å². The topological polar surface area (TPSA) is 53.4 Å². The van der Waals surface area contributed by atoms with Gasteiger partial charge < -0.3 is 5.11 Å². The molecule has 1 N–H and O–H groups in total. The van der Waals surface area contributed by atoms with Crippen molar-refractivity contribution >= 4 is 5.97 Å². The van der Waals surface area contributed by atoms with Gasteiger partial charge in [-0.25, -0.2) is 4.39 Å². The lowest BCUT2D eigenvalue weighted by Gasteiger charge is -2.31. The number of nitrogens with zero attached hydrogens (tertiary/aromatic N) is 2. The maximum Gasteiger partial charge on any atom is 0.320 e. The Morgan fingerprint density at radius 3 is 2.78 bits per heavy atom. The Hall–Kier alpha value is -2.27. The van der Waals surface area contributed by atoms with Gasteiger partial charge in [0.2, 0.25) is 0 Å². The van der Waals surface area contributed by atoms with Gasteiger partial charge in [-0.1, -0.05) is 24.3 Å². The van der Waals surface area contributed by atoms with Gasteiger partial charge in [-0.2, -0.15) is 0 Å². The summed E-state index contributed by atoms with van der Waals surface area (Å²) in [5.41, 5.74) is 2.16. The average Bonchev–Trinajstić information content (AvgIpc) is 3.01. The van der Waals surface area contributed by atoms with E-state index < -0.39 is 18.1 Å². The highest BCUT2D eigenvalue weighted by Gasteiger charge is 2.38. The van der Waals surface area contributed by atoms with E-state index in [9.17, 15) is 14.3 Å². The summed E-state index contributed by atoms with van der Waals surface area (Å²) in [6.45, 7) is 2.55. The number of halogens is 1. The van der Waals surface area contributed by atoms with Crippen LogP contribution in [0.15, 0.2) is 42.6 Å². The Bertz CT molecular complexity index is 702. The molecule has 2 unspecified atom stereocenters. The fraction of sp³-hybridized carbons (Fsp3) is 0.333. The van der Waals surface area contributed by atoms with Gasteiger partial charge >= 0.3 is 5.97 Å². The molecule has 1 saturated heterocycles. The third kappa shape index (κ3) is 3.10. The second-order valence-electron chi connectivity index (χ2n) is 5.92. The van der Waals surface area contributed by atoms with Crippen molar-refractivity contribution in [3.8, 4) is 0 Å². The lowest BCUT2D eigenvalue weighted by molar-refractivity contribution is -0.142. The lowest BCUT2D eigenvalue weighted by Crippen LogP contribution is -2.39. The smallest absolute Gasteiger partial charge is 0.320 e. The van der Waals surface area contributed by atoms with Crippen LogP contribution in [0.25, 0.3) is 0 Å². The number of carboxylic acid groups (broad SMARTS) is 1. The molecule has 120 valence electrons. The fourth-order valence-electron chi connectivity index (χ4n) is 3.21. The molecule has 1 fully saturated rings. The van der Waals surface area contributed by atoms with E-state index in [-0.39, 0.29) is 5.82 Å². The van der Waals surface area contributed by atoms with Crippen molar-refractivity contribution in [1.29, 1.82) is 0 Å². The highest BCUT2D eigenvalue weighted by atomic mass is 19.1. The van der Waals surface area contributed by atoms with Gasteiger partial charge in [-0.3, -0.25) is 14.7 Å². The molecule has 0 saturated carbocycles. The van der Waals surface area contributed by atoms with Crippen molar-refractivity contribution in [2.45, 2.75) is 31.8 Å².